The molecule has 2 aromatic rings. The second-order valence-electron chi connectivity index (χ2n) is 10.2. The summed E-state index contributed by atoms with van der Waals surface area (Å²) in [6.45, 7) is 11.5. The molecule has 35 heavy (non-hydrogen) atoms. The van der Waals surface area contributed by atoms with E-state index in [1.165, 1.54) is 25.7 Å². The molecule has 1 amide bonds. The van der Waals surface area contributed by atoms with Crippen LogP contribution in [-0.4, -0.2) is 22.5 Å². The number of imidazole rings is 1. The highest BCUT2D eigenvalue weighted by atomic mass is 16.5. The first-order valence-corrected chi connectivity index (χ1v) is 13.3. The minimum absolute atomic E-state index is 0.229. The second-order valence-corrected chi connectivity index (χ2v) is 10.2. The van der Waals surface area contributed by atoms with Gasteiger partial charge < -0.3 is 15.5 Å². The first kappa shape index (κ1) is 26.8. The van der Waals surface area contributed by atoms with Gasteiger partial charge in [0.1, 0.15) is 5.76 Å². The van der Waals surface area contributed by atoms with E-state index in [0.29, 0.717) is 12.2 Å². The fourth-order valence-electron chi connectivity index (χ4n) is 5.01. The number of benzene rings is 1. The van der Waals surface area contributed by atoms with Crippen molar-refractivity contribution in [2.24, 2.45) is 11.7 Å². The molecule has 0 bridgehead atoms. The van der Waals surface area contributed by atoms with E-state index >= 15 is 0 Å². The first-order chi connectivity index (χ1) is 16.8. The molecule has 0 spiro atoms. The number of aromatic amines is 1. The van der Waals surface area contributed by atoms with Crippen LogP contribution in [0.1, 0.15) is 113 Å². The summed E-state index contributed by atoms with van der Waals surface area (Å²) in [5, 5.41) is 0. The molecule has 1 aliphatic carbocycles. The lowest BCUT2D eigenvalue weighted by Gasteiger charge is -2.19. The number of unbranched alkanes of at least 4 members (excludes halogenated alkanes) is 3. The zero-order valence-corrected chi connectivity index (χ0v) is 22.2. The van der Waals surface area contributed by atoms with Gasteiger partial charge in [-0.3, -0.25) is 4.79 Å². The number of amides is 1. The highest BCUT2D eigenvalue weighted by molar-refractivity contribution is 6.08. The second kappa shape index (κ2) is 12.8. The molecule has 1 atom stereocenters. The third kappa shape index (κ3) is 6.87. The maximum absolute atomic E-state index is 12.6. The van der Waals surface area contributed by atoms with Gasteiger partial charge in [-0.25, -0.2) is 4.98 Å². The molecule has 0 aliphatic heterocycles. The molecule has 5 nitrogen and oxygen atoms in total. The maximum Gasteiger partial charge on any atom is 0.251 e. The Morgan fingerprint density at radius 3 is 2.51 bits per heavy atom. The Kier molecular flexibility index (Phi) is 9.76. The molecule has 1 aromatic carbocycles. The van der Waals surface area contributed by atoms with E-state index in [0.717, 1.165) is 70.7 Å². The molecule has 3 N–H and O–H groups in total. The van der Waals surface area contributed by atoms with Crippen LogP contribution in [-0.2, 0) is 4.74 Å². The van der Waals surface area contributed by atoms with Crippen LogP contribution in [0.4, 0.5) is 0 Å². The van der Waals surface area contributed by atoms with Crippen LogP contribution in [0, 0.1) is 5.92 Å². The van der Waals surface area contributed by atoms with Crippen molar-refractivity contribution >= 4 is 22.5 Å². The summed E-state index contributed by atoms with van der Waals surface area (Å²) in [6, 6.07) is 2.16. The minimum atomic E-state index is -0.399. The number of carbonyl (C=O) groups is 1. The summed E-state index contributed by atoms with van der Waals surface area (Å²) < 4.78 is 5.87. The fourth-order valence-corrected chi connectivity index (χ4v) is 5.01. The average Bonchev–Trinajstić information content (AvgIpc) is 3.29. The normalized spacial score (nSPS) is 16.8. The van der Waals surface area contributed by atoms with Gasteiger partial charge in [0.2, 0.25) is 0 Å². The molecule has 1 aromatic heterocycles. The van der Waals surface area contributed by atoms with Crippen molar-refractivity contribution in [1.82, 2.24) is 9.97 Å². The van der Waals surface area contributed by atoms with Crippen LogP contribution >= 0.6 is 0 Å². The lowest BCUT2D eigenvalue weighted by molar-refractivity contribution is 0.100. The Morgan fingerprint density at radius 1 is 1.11 bits per heavy atom. The van der Waals surface area contributed by atoms with E-state index in [2.05, 4.69) is 62.0 Å². The standard InChI is InChI=1S/C30H43N3O2/c1-6-35-26-16-12-11-15-23(17-22(26)5)25-18-24(21(4)14-10-8-7-9-13-20(2)3)27(30(31)34)29-28(25)32-19-33-29/h15-21H,6-14H2,1-5H3,(H2,31,34)(H,32,33)/b22-17?,23-15-,26-16?. The lowest BCUT2D eigenvalue weighted by Crippen LogP contribution is -2.16. The molecule has 1 aliphatic rings. The third-order valence-corrected chi connectivity index (χ3v) is 6.91. The van der Waals surface area contributed by atoms with E-state index in [1.807, 2.05) is 6.92 Å². The Balaban J connectivity index is 1.94. The molecular weight excluding hydrogens is 434 g/mol. The average molecular weight is 478 g/mol. The summed E-state index contributed by atoms with van der Waals surface area (Å²) in [5.41, 5.74) is 12.3. The number of hydrogen-bond donors (Lipinski definition) is 2. The number of fused-ring (bicyclic) bond motifs is 1. The van der Waals surface area contributed by atoms with Crippen molar-refractivity contribution in [3.05, 3.63) is 58.6 Å². The number of hydrogen-bond acceptors (Lipinski definition) is 3. The summed E-state index contributed by atoms with van der Waals surface area (Å²) in [4.78, 5) is 20.4. The molecule has 0 fully saturated rings. The Morgan fingerprint density at radius 2 is 1.83 bits per heavy atom. The van der Waals surface area contributed by atoms with Crippen molar-refractivity contribution in [3.63, 3.8) is 0 Å². The van der Waals surface area contributed by atoms with Gasteiger partial charge in [-0.2, -0.15) is 0 Å². The molecule has 190 valence electrons. The van der Waals surface area contributed by atoms with E-state index < -0.39 is 5.91 Å². The van der Waals surface area contributed by atoms with Crippen molar-refractivity contribution in [1.29, 1.82) is 0 Å². The van der Waals surface area contributed by atoms with Gasteiger partial charge in [0.05, 0.1) is 29.5 Å². The number of rotatable bonds is 12. The van der Waals surface area contributed by atoms with Crippen LogP contribution in [0.5, 0.6) is 0 Å². The molecular formula is C30H43N3O2. The van der Waals surface area contributed by atoms with Crippen LogP contribution < -0.4 is 5.73 Å². The summed E-state index contributed by atoms with van der Waals surface area (Å²) in [7, 11) is 0. The van der Waals surface area contributed by atoms with Crippen LogP contribution in [0.25, 0.3) is 16.6 Å². The number of nitrogens with zero attached hydrogens (tertiary/aromatic N) is 1. The highest BCUT2D eigenvalue weighted by Crippen LogP contribution is 2.36. The van der Waals surface area contributed by atoms with E-state index in [9.17, 15) is 4.79 Å². The highest BCUT2D eigenvalue weighted by Gasteiger charge is 2.23. The molecule has 3 rings (SSSR count). The fraction of sp³-hybridized carbons (Fsp3) is 0.533. The molecule has 0 saturated carbocycles. The van der Waals surface area contributed by atoms with Gasteiger partial charge in [0, 0.05) is 5.56 Å². The number of nitrogens with one attached hydrogen (secondary N) is 1. The number of primary amides is 1. The number of ether oxygens (including phenoxy) is 1. The lowest BCUT2D eigenvalue weighted by atomic mass is 9.86. The SMILES string of the molecule is CCOC1=CCC/C=C(\c2cc(C(C)CCCCCCC(C)C)c(C(N)=O)c3[nH]cnc23)C=C1C. The zero-order chi connectivity index (χ0) is 25.4. The van der Waals surface area contributed by atoms with Gasteiger partial charge in [-0.15, -0.1) is 0 Å². The number of aromatic nitrogens is 2. The molecule has 1 heterocycles. The van der Waals surface area contributed by atoms with Gasteiger partial charge >= 0.3 is 0 Å². The van der Waals surface area contributed by atoms with Crippen LogP contribution in [0.15, 0.2) is 42.0 Å². The summed E-state index contributed by atoms with van der Waals surface area (Å²) in [6.07, 6.45) is 17.4. The largest absolute Gasteiger partial charge is 0.494 e. The molecule has 1 unspecified atom stereocenters. The van der Waals surface area contributed by atoms with E-state index in [4.69, 9.17) is 10.5 Å². The van der Waals surface area contributed by atoms with Crippen molar-refractivity contribution in [3.8, 4) is 0 Å². The quantitative estimate of drug-likeness (QED) is 0.306. The Hall–Kier alpha value is -2.82. The Bertz CT molecular complexity index is 1100. The predicted molar refractivity (Wildman–Crippen MR) is 146 cm³/mol. The Labute approximate surface area is 210 Å². The van der Waals surface area contributed by atoms with Crippen molar-refractivity contribution in [2.75, 3.05) is 6.61 Å². The first-order valence-electron chi connectivity index (χ1n) is 13.3. The molecule has 5 heteroatoms. The molecule has 0 saturated heterocycles. The summed E-state index contributed by atoms with van der Waals surface area (Å²) in [5.74, 6) is 1.54. The topological polar surface area (TPSA) is 81.0 Å². The number of nitrogens with two attached hydrogens (primary N) is 1. The van der Waals surface area contributed by atoms with Gasteiger partial charge in [0.25, 0.3) is 5.91 Å². The van der Waals surface area contributed by atoms with Gasteiger partial charge in [-0.1, -0.05) is 59.0 Å². The number of carbonyl (C=O) groups excluding carboxylic acids is 1. The number of allylic oxidation sites excluding steroid dienone is 5. The van der Waals surface area contributed by atoms with E-state index in [-0.39, 0.29) is 5.92 Å². The third-order valence-electron chi connectivity index (χ3n) is 6.91. The smallest absolute Gasteiger partial charge is 0.251 e. The van der Waals surface area contributed by atoms with Crippen LogP contribution in [0.3, 0.4) is 0 Å². The zero-order valence-electron chi connectivity index (χ0n) is 22.2. The minimum Gasteiger partial charge on any atom is -0.494 e. The predicted octanol–water partition coefficient (Wildman–Crippen LogP) is 7.81. The van der Waals surface area contributed by atoms with E-state index in [1.54, 1.807) is 6.33 Å². The van der Waals surface area contributed by atoms with Crippen molar-refractivity contribution in [2.45, 2.75) is 91.9 Å². The monoisotopic (exact) mass is 477 g/mol. The van der Waals surface area contributed by atoms with Crippen LogP contribution in [0.2, 0.25) is 0 Å². The maximum atomic E-state index is 12.6. The molecule has 0 radical (unpaired) electrons. The summed E-state index contributed by atoms with van der Waals surface area (Å²) >= 11 is 0. The van der Waals surface area contributed by atoms with Gasteiger partial charge in [0.15, 0.2) is 0 Å². The van der Waals surface area contributed by atoms with Gasteiger partial charge in [-0.05, 0) is 79.9 Å². The number of H-pyrrole nitrogens is 1. The van der Waals surface area contributed by atoms with Crippen molar-refractivity contribution < 1.29 is 9.53 Å².